The number of rotatable bonds is 2. The second kappa shape index (κ2) is 3.62. The number of benzene rings is 1. The summed E-state index contributed by atoms with van der Waals surface area (Å²) < 4.78 is 13.0. The molecule has 1 aromatic carbocycles. The first-order valence-electron chi connectivity index (χ1n) is 3.92. The summed E-state index contributed by atoms with van der Waals surface area (Å²) in [6, 6.07) is 1.55. The van der Waals surface area contributed by atoms with Gasteiger partial charge in [-0.1, -0.05) is 0 Å². The van der Waals surface area contributed by atoms with Gasteiger partial charge >= 0.3 is 0 Å². The zero-order valence-corrected chi connectivity index (χ0v) is 7.56. The van der Waals surface area contributed by atoms with E-state index in [1.165, 1.54) is 0 Å². The fourth-order valence-electron chi connectivity index (χ4n) is 1.15. The first-order valence-corrected chi connectivity index (χ1v) is 3.92. The summed E-state index contributed by atoms with van der Waals surface area (Å²) in [4.78, 5) is 0. The summed E-state index contributed by atoms with van der Waals surface area (Å²) in [5, 5.41) is 21.2. The molecule has 0 aliphatic carbocycles. The molecule has 1 rings (SSSR count). The van der Waals surface area contributed by atoms with E-state index in [-0.39, 0.29) is 0 Å². The molecule has 0 fully saturated rings. The van der Waals surface area contributed by atoms with Gasteiger partial charge in [0.1, 0.15) is 0 Å². The van der Waals surface area contributed by atoms with Crippen molar-refractivity contribution in [2.75, 3.05) is 7.05 Å². The van der Waals surface area contributed by atoms with E-state index < -0.39 is 17.3 Å². The summed E-state index contributed by atoms with van der Waals surface area (Å²) in [7, 11) is 1.69. The lowest BCUT2D eigenvalue weighted by molar-refractivity contribution is 0.382. The number of phenols is 2. The molecular weight excluding hydrogens is 173 g/mol. The van der Waals surface area contributed by atoms with E-state index in [0.29, 0.717) is 17.7 Å². The summed E-state index contributed by atoms with van der Waals surface area (Å²) in [6.45, 7) is 1.95. The van der Waals surface area contributed by atoms with Gasteiger partial charge in [-0.15, -0.1) is 0 Å². The van der Waals surface area contributed by atoms with E-state index >= 15 is 0 Å². The Hall–Kier alpha value is -1.29. The second-order valence-corrected chi connectivity index (χ2v) is 2.89. The van der Waals surface area contributed by atoms with Crippen LogP contribution in [0, 0.1) is 12.7 Å². The van der Waals surface area contributed by atoms with E-state index in [2.05, 4.69) is 5.32 Å². The van der Waals surface area contributed by atoms with E-state index in [4.69, 9.17) is 5.11 Å². The number of nitrogens with one attached hydrogen (secondary N) is 1. The third-order valence-corrected chi connectivity index (χ3v) is 1.85. The van der Waals surface area contributed by atoms with Crippen LogP contribution in [-0.2, 0) is 6.54 Å². The highest BCUT2D eigenvalue weighted by Gasteiger charge is 2.13. The minimum absolute atomic E-state index is 0.365. The van der Waals surface area contributed by atoms with Crippen molar-refractivity contribution in [1.82, 2.24) is 5.32 Å². The highest BCUT2D eigenvalue weighted by atomic mass is 19.1. The van der Waals surface area contributed by atoms with Crippen LogP contribution in [0.2, 0.25) is 0 Å². The van der Waals surface area contributed by atoms with Crippen LogP contribution < -0.4 is 5.32 Å². The van der Waals surface area contributed by atoms with E-state index in [9.17, 15) is 9.50 Å². The van der Waals surface area contributed by atoms with Crippen LogP contribution in [-0.4, -0.2) is 17.3 Å². The van der Waals surface area contributed by atoms with Crippen LogP contribution in [0.25, 0.3) is 0 Å². The van der Waals surface area contributed by atoms with Gasteiger partial charge in [-0.05, 0) is 25.6 Å². The van der Waals surface area contributed by atoms with Crippen molar-refractivity contribution in [3.05, 3.63) is 23.0 Å². The monoisotopic (exact) mass is 185 g/mol. The molecule has 0 aliphatic rings. The maximum Gasteiger partial charge on any atom is 0.206 e. The molecular formula is C9H12FNO2. The highest BCUT2D eigenvalue weighted by Crippen LogP contribution is 2.31. The smallest absolute Gasteiger partial charge is 0.206 e. The fourth-order valence-corrected chi connectivity index (χ4v) is 1.15. The maximum atomic E-state index is 13.0. The lowest BCUT2D eigenvalue weighted by Gasteiger charge is -2.08. The van der Waals surface area contributed by atoms with E-state index in [1.807, 2.05) is 0 Å². The van der Waals surface area contributed by atoms with Crippen molar-refractivity contribution in [1.29, 1.82) is 0 Å². The molecule has 3 nitrogen and oxygen atoms in total. The summed E-state index contributed by atoms with van der Waals surface area (Å²) in [6.07, 6.45) is 0. The van der Waals surface area contributed by atoms with E-state index in [0.717, 1.165) is 0 Å². The number of aromatic hydroxyl groups is 2. The predicted molar refractivity (Wildman–Crippen MR) is 47.2 cm³/mol. The molecule has 0 atom stereocenters. The maximum absolute atomic E-state index is 13.0. The van der Waals surface area contributed by atoms with Crippen LogP contribution in [0.15, 0.2) is 6.07 Å². The first-order chi connectivity index (χ1) is 6.07. The molecule has 1 aromatic rings. The van der Waals surface area contributed by atoms with Gasteiger partial charge in [0.15, 0.2) is 11.5 Å². The van der Waals surface area contributed by atoms with Gasteiger partial charge in [-0.3, -0.25) is 0 Å². The third kappa shape index (κ3) is 1.72. The van der Waals surface area contributed by atoms with Crippen molar-refractivity contribution >= 4 is 0 Å². The molecule has 0 saturated heterocycles. The van der Waals surface area contributed by atoms with Gasteiger partial charge < -0.3 is 15.5 Å². The van der Waals surface area contributed by atoms with Crippen LogP contribution >= 0.6 is 0 Å². The van der Waals surface area contributed by atoms with E-state index in [1.54, 1.807) is 20.0 Å². The normalized spacial score (nSPS) is 10.4. The zero-order valence-electron chi connectivity index (χ0n) is 7.56. The lowest BCUT2D eigenvalue weighted by Crippen LogP contribution is -2.06. The molecule has 0 bridgehead atoms. The molecule has 0 saturated carbocycles. The molecule has 0 spiro atoms. The Balaban J connectivity index is 3.24. The number of hydrogen-bond acceptors (Lipinski definition) is 3. The van der Waals surface area contributed by atoms with Crippen LogP contribution in [0.4, 0.5) is 4.39 Å². The minimum Gasteiger partial charge on any atom is -0.505 e. The van der Waals surface area contributed by atoms with Gasteiger partial charge in [0, 0.05) is 12.1 Å². The molecule has 13 heavy (non-hydrogen) atoms. The number of hydrogen-bond donors (Lipinski definition) is 3. The fraction of sp³-hybridized carbons (Fsp3) is 0.333. The summed E-state index contributed by atoms with van der Waals surface area (Å²) in [5.41, 5.74) is 0.857. The Kier molecular flexibility index (Phi) is 2.72. The number of aryl methyl sites for hydroxylation is 1. The highest BCUT2D eigenvalue weighted by molar-refractivity contribution is 5.46. The van der Waals surface area contributed by atoms with Crippen molar-refractivity contribution in [2.24, 2.45) is 0 Å². The Bertz CT molecular complexity index is 326. The van der Waals surface area contributed by atoms with Crippen molar-refractivity contribution in [3.63, 3.8) is 0 Å². The molecule has 0 unspecified atom stereocenters. The Labute approximate surface area is 75.8 Å². The third-order valence-electron chi connectivity index (χ3n) is 1.85. The summed E-state index contributed by atoms with van der Waals surface area (Å²) >= 11 is 0. The average Bonchev–Trinajstić information content (AvgIpc) is 2.11. The quantitative estimate of drug-likeness (QED) is 0.650. The molecule has 3 N–H and O–H groups in total. The topological polar surface area (TPSA) is 52.5 Å². The lowest BCUT2D eigenvalue weighted by atomic mass is 10.1. The summed E-state index contributed by atoms with van der Waals surface area (Å²) in [5.74, 6) is -1.93. The van der Waals surface area contributed by atoms with Gasteiger partial charge in [0.2, 0.25) is 5.82 Å². The van der Waals surface area contributed by atoms with Gasteiger partial charge in [0.25, 0.3) is 0 Å². The van der Waals surface area contributed by atoms with Crippen molar-refractivity contribution in [2.45, 2.75) is 13.5 Å². The Morgan fingerprint density at radius 3 is 2.54 bits per heavy atom. The van der Waals surface area contributed by atoms with Gasteiger partial charge in [-0.2, -0.15) is 4.39 Å². The first kappa shape index (κ1) is 9.80. The predicted octanol–water partition coefficient (Wildman–Crippen LogP) is 1.26. The SMILES string of the molecule is CNCc1cc(C)c(O)c(F)c1O. The zero-order chi connectivity index (χ0) is 10.0. The standard InChI is InChI=1S/C9H12FNO2/c1-5-3-6(4-11-2)9(13)7(10)8(5)12/h3,11-13H,4H2,1-2H3. The number of halogens is 1. The van der Waals surface area contributed by atoms with Crippen LogP contribution in [0.5, 0.6) is 11.5 Å². The average molecular weight is 185 g/mol. The molecule has 72 valence electrons. The Morgan fingerprint density at radius 1 is 1.38 bits per heavy atom. The van der Waals surface area contributed by atoms with Crippen molar-refractivity contribution in [3.8, 4) is 11.5 Å². The van der Waals surface area contributed by atoms with Crippen LogP contribution in [0.1, 0.15) is 11.1 Å². The van der Waals surface area contributed by atoms with Gasteiger partial charge in [-0.25, -0.2) is 0 Å². The molecule has 4 heteroatoms. The number of phenolic OH excluding ortho intramolecular Hbond substituents is 2. The van der Waals surface area contributed by atoms with Crippen molar-refractivity contribution < 1.29 is 14.6 Å². The molecule has 0 heterocycles. The Morgan fingerprint density at radius 2 is 2.00 bits per heavy atom. The second-order valence-electron chi connectivity index (χ2n) is 2.89. The molecule has 0 aromatic heterocycles. The van der Waals surface area contributed by atoms with Gasteiger partial charge in [0.05, 0.1) is 0 Å². The molecule has 0 radical (unpaired) electrons. The minimum atomic E-state index is -0.953. The molecule has 0 aliphatic heterocycles. The van der Waals surface area contributed by atoms with Crippen LogP contribution in [0.3, 0.4) is 0 Å². The largest absolute Gasteiger partial charge is 0.505 e. The molecule has 0 amide bonds.